The van der Waals surface area contributed by atoms with E-state index in [0.717, 1.165) is 78.2 Å². The molecule has 0 fully saturated rings. The van der Waals surface area contributed by atoms with Crippen molar-refractivity contribution in [2.45, 2.75) is 78.1 Å². The highest BCUT2D eigenvalue weighted by atomic mass is 15.2. The smallest absolute Gasteiger partial charge is 0.238 e. The van der Waals surface area contributed by atoms with Crippen molar-refractivity contribution in [1.82, 2.24) is 24.1 Å². The van der Waals surface area contributed by atoms with Crippen molar-refractivity contribution in [3.8, 4) is 67.8 Å². The van der Waals surface area contributed by atoms with Crippen molar-refractivity contribution in [1.29, 1.82) is 0 Å². The van der Waals surface area contributed by atoms with Gasteiger partial charge in [0, 0.05) is 38.4 Å². The molecule has 0 amide bonds. The second kappa shape index (κ2) is 17.3. The van der Waals surface area contributed by atoms with Crippen LogP contribution in [0.2, 0.25) is 0 Å². The largest absolute Gasteiger partial charge is 0.307 e. The molecule has 5 heteroatoms. The van der Waals surface area contributed by atoms with Crippen LogP contribution in [0.25, 0.3) is 111 Å². The molecule has 0 saturated heterocycles. The van der Waals surface area contributed by atoms with Gasteiger partial charge < -0.3 is 4.57 Å². The quantitative estimate of drug-likeness (QED) is 0.160. The van der Waals surface area contributed by atoms with Crippen molar-refractivity contribution in [3.63, 3.8) is 0 Å². The van der Waals surface area contributed by atoms with Crippen LogP contribution in [-0.4, -0.2) is 24.1 Å². The van der Waals surface area contributed by atoms with E-state index < -0.39 is 0 Å². The summed E-state index contributed by atoms with van der Waals surface area (Å²) in [5, 5.41) is 4.60. The maximum atomic E-state index is 5.51. The summed E-state index contributed by atoms with van der Waals surface area (Å²) in [6.45, 7) is 18.9. The Hall–Kier alpha value is -8.41. The van der Waals surface area contributed by atoms with Crippen LogP contribution in [0.15, 0.2) is 206 Å². The first kappa shape index (κ1) is 46.4. The number of fused-ring (bicyclic) bond motifs is 8. The Balaban J connectivity index is 1.04. The van der Waals surface area contributed by atoms with Gasteiger partial charge in [-0.3, -0.25) is 4.57 Å². The minimum atomic E-state index is -0.0698. The summed E-state index contributed by atoms with van der Waals surface area (Å²) < 4.78 is 4.76. The lowest BCUT2D eigenvalue weighted by atomic mass is 9.57. The van der Waals surface area contributed by atoms with E-state index in [1.54, 1.807) is 0 Å². The standard InChI is InChI=1S/C70H61N5/c1-44-43-69(5,6)62-54(33-20-34-59(62)70(44,7)8)49-26-16-24-47(39-49)48-25-19-30-53(42-48)74-60-35-14-12-31-55(60)57-37-38-58-56-32-13-15-36-61(56)75(64(58)63(57)74)67-72-65(50-27-17-23-46(40-50)45-21-10-9-11-22-45)71-66(73-67)51-28-18-29-52(41-51)68(2,3)4/h9-42,44H,43H2,1-8H3. The number of aromatic nitrogens is 5. The Morgan fingerprint density at radius 1 is 0.440 bits per heavy atom. The predicted octanol–water partition coefficient (Wildman–Crippen LogP) is 18.3. The van der Waals surface area contributed by atoms with Crippen molar-refractivity contribution < 1.29 is 0 Å². The van der Waals surface area contributed by atoms with Crippen LogP contribution >= 0.6 is 0 Å². The number of benzene rings is 9. The molecule has 0 saturated carbocycles. The van der Waals surface area contributed by atoms with Gasteiger partial charge in [-0.25, -0.2) is 4.98 Å². The molecular formula is C70H61N5. The fourth-order valence-corrected chi connectivity index (χ4v) is 12.4. The maximum absolute atomic E-state index is 5.51. The average Bonchev–Trinajstić information content (AvgIpc) is 3.99. The summed E-state index contributed by atoms with van der Waals surface area (Å²) in [4.78, 5) is 16.3. The van der Waals surface area contributed by atoms with E-state index in [1.165, 1.54) is 38.8 Å². The zero-order chi connectivity index (χ0) is 51.4. The van der Waals surface area contributed by atoms with Crippen LogP contribution in [0.3, 0.4) is 0 Å². The number of rotatable bonds is 7. The lowest BCUT2D eigenvalue weighted by Crippen LogP contribution is -2.40. The SMILES string of the molecule is CC1CC(C)(C)c2c(-c3cccc(-c4cccc(-n5c6ccccc6c6ccc7c8ccccc8n(-c8nc(-c9cccc(-c%10ccccc%10)c9)nc(-c9cccc(C(C)(C)C)c9)n8)c7c65)c4)c3)cccc2C1(C)C. The third kappa shape index (κ3) is 7.70. The molecule has 3 heterocycles. The molecule has 0 bridgehead atoms. The van der Waals surface area contributed by atoms with Crippen LogP contribution in [0.5, 0.6) is 0 Å². The van der Waals surface area contributed by atoms with Gasteiger partial charge in [-0.2, -0.15) is 9.97 Å². The van der Waals surface area contributed by atoms with Crippen LogP contribution in [0.1, 0.15) is 78.5 Å². The van der Waals surface area contributed by atoms with Crippen LogP contribution < -0.4 is 0 Å². The minimum Gasteiger partial charge on any atom is -0.307 e. The lowest BCUT2D eigenvalue weighted by molar-refractivity contribution is 0.234. The Labute approximate surface area is 440 Å². The third-order valence-corrected chi connectivity index (χ3v) is 16.6. The average molecular weight is 972 g/mol. The molecule has 9 aromatic carbocycles. The summed E-state index contributed by atoms with van der Waals surface area (Å²) >= 11 is 0. The van der Waals surface area contributed by atoms with E-state index in [9.17, 15) is 0 Å². The van der Waals surface area contributed by atoms with Gasteiger partial charge in [0.1, 0.15) is 0 Å². The summed E-state index contributed by atoms with van der Waals surface area (Å²) in [6.07, 6.45) is 1.15. The molecule has 5 nitrogen and oxygen atoms in total. The molecule has 1 aliphatic carbocycles. The third-order valence-electron chi connectivity index (χ3n) is 16.6. The summed E-state index contributed by atoms with van der Waals surface area (Å²) in [6, 6.07) is 75.1. The molecule has 0 aliphatic heterocycles. The highest BCUT2D eigenvalue weighted by molar-refractivity contribution is 6.23. The molecule has 1 unspecified atom stereocenters. The van der Waals surface area contributed by atoms with E-state index >= 15 is 0 Å². The van der Waals surface area contributed by atoms with Crippen LogP contribution in [-0.2, 0) is 16.2 Å². The molecule has 12 aromatic rings. The summed E-state index contributed by atoms with van der Waals surface area (Å²) in [7, 11) is 0. The predicted molar refractivity (Wildman–Crippen MR) is 314 cm³/mol. The van der Waals surface area contributed by atoms with Gasteiger partial charge in [-0.15, -0.1) is 0 Å². The van der Waals surface area contributed by atoms with Gasteiger partial charge in [-0.05, 0) is 121 Å². The molecule has 366 valence electrons. The topological polar surface area (TPSA) is 48.5 Å². The highest BCUT2D eigenvalue weighted by Gasteiger charge is 2.43. The van der Waals surface area contributed by atoms with Gasteiger partial charge in [0.05, 0.1) is 22.1 Å². The fourth-order valence-electron chi connectivity index (χ4n) is 12.4. The van der Waals surface area contributed by atoms with E-state index in [-0.39, 0.29) is 16.2 Å². The van der Waals surface area contributed by atoms with E-state index in [0.29, 0.717) is 23.5 Å². The molecule has 0 N–H and O–H groups in total. The number of hydrogen-bond acceptors (Lipinski definition) is 3. The normalized spacial score (nSPS) is 15.2. The van der Waals surface area contributed by atoms with Gasteiger partial charge in [0.25, 0.3) is 0 Å². The minimum absolute atomic E-state index is 0.0519. The molecule has 75 heavy (non-hydrogen) atoms. The molecule has 0 spiro atoms. The first-order valence-electron chi connectivity index (χ1n) is 26.6. The van der Waals surface area contributed by atoms with Gasteiger partial charge >= 0.3 is 0 Å². The first-order valence-corrected chi connectivity index (χ1v) is 26.6. The van der Waals surface area contributed by atoms with E-state index in [4.69, 9.17) is 15.0 Å². The fraction of sp³-hybridized carbons (Fsp3) is 0.186. The lowest BCUT2D eigenvalue weighted by Gasteiger charge is -2.47. The van der Waals surface area contributed by atoms with Gasteiger partial charge in [-0.1, -0.05) is 219 Å². The molecule has 0 radical (unpaired) electrons. The Morgan fingerprint density at radius 3 is 1.63 bits per heavy atom. The van der Waals surface area contributed by atoms with Crippen molar-refractivity contribution >= 4 is 43.6 Å². The van der Waals surface area contributed by atoms with Gasteiger partial charge in [0.2, 0.25) is 5.95 Å². The summed E-state index contributed by atoms with van der Waals surface area (Å²) in [5.41, 5.74) is 18.7. The number of para-hydroxylation sites is 2. The molecule has 1 aliphatic rings. The van der Waals surface area contributed by atoms with Crippen LogP contribution in [0, 0.1) is 5.92 Å². The second-order valence-corrected chi connectivity index (χ2v) is 23.2. The first-order chi connectivity index (χ1) is 36.2. The Bertz CT molecular complexity index is 4220. The number of nitrogens with zero attached hydrogens (tertiary/aromatic N) is 5. The highest BCUT2D eigenvalue weighted by Crippen LogP contribution is 2.52. The molecule has 1 atom stereocenters. The monoisotopic (exact) mass is 971 g/mol. The Kier molecular flexibility index (Phi) is 10.7. The van der Waals surface area contributed by atoms with Crippen molar-refractivity contribution in [3.05, 3.63) is 223 Å². The number of hydrogen-bond donors (Lipinski definition) is 0. The zero-order valence-corrected chi connectivity index (χ0v) is 44.2. The summed E-state index contributed by atoms with van der Waals surface area (Å²) in [5.74, 6) is 2.38. The molecule has 3 aromatic heterocycles. The van der Waals surface area contributed by atoms with Crippen molar-refractivity contribution in [2.75, 3.05) is 0 Å². The van der Waals surface area contributed by atoms with E-state index in [2.05, 4.69) is 271 Å². The van der Waals surface area contributed by atoms with Crippen LogP contribution in [0.4, 0.5) is 0 Å². The molecular weight excluding hydrogens is 911 g/mol. The Morgan fingerprint density at radius 2 is 0.947 bits per heavy atom. The molecule has 13 rings (SSSR count). The second-order valence-electron chi connectivity index (χ2n) is 23.2. The van der Waals surface area contributed by atoms with Gasteiger partial charge in [0.15, 0.2) is 11.6 Å². The van der Waals surface area contributed by atoms with Crippen molar-refractivity contribution in [2.24, 2.45) is 5.92 Å². The zero-order valence-electron chi connectivity index (χ0n) is 44.2. The maximum Gasteiger partial charge on any atom is 0.238 e. The van der Waals surface area contributed by atoms with E-state index in [1.807, 2.05) is 0 Å².